The van der Waals surface area contributed by atoms with Gasteiger partial charge in [-0.05, 0) is 73.8 Å². The van der Waals surface area contributed by atoms with Gasteiger partial charge in [0.2, 0.25) is 0 Å². The third-order valence-electron chi connectivity index (χ3n) is 7.34. The van der Waals surface area contributed by atoms with Gasteiger partial charge in [0, 0.05) is 29.7 Å². The van der Waals surface area contributed by atoms with Gasteiger partial charge in [-0.25, -0.2) is 15.0 Å². The summed E-state index contributed by atoms with van der Waals surface area (Å²) in [7, 11) is 0. The van der Waals surface area contributed by atoms with Gasteiger partial charge in [0.25, 0.3) is 0 Å². The van der Waals surface area contributed by atoms with Gasteiger partial charge in [0.15, 0.2) is 0 Å². The predicted molar refractivity (Wildman–Crippen MR) is 128 cm³/mol. The van der Waals surface area contributed by atoms with Gasteiger partial charge in [0.05, 0.1) is 17.7 Å². The van der Waals surface area contributed by atoms with Crippen LogP contribution in [0.1, 0.15) is 37.3 Å². The van der Waals surface area contributed by atoms with Crippen LogP contribution in [0, 0.1) is 11.8 Å². The van der Waals surface area contributed by atoms with E-state index >= 15 is 0 Å². The fraction of sp³-hybridized carbons (Fsp3) is 0.423. The Labute approximate surface area is 192 Å². The maximum absolute atomic E-state index is 10.8. The number of rotatable bonds is 7. The summed E-state index contributed by atoms with van der Waals surface area (Å²) in [6, 6.07) is 12.4. The molecule has 1 aromatic carbocycles. The average molecular weight is 444 g/mol. The normalized spacial score (nSPS) is 25.2. The van der Waals surface area contributed by atoms with Crippen molar-refractivity contribution in [1.29, 1.82) is 0 Å². The number of aliphatic hydroxyl groups excluding tert-OH is 2. The minimum Gasteiger partial charge on any atom is -0.390 e. The van der Waals surface area contributed by atoms with E-state index in [2.05, 4.69) is 45.6 Å². The first kappa shape index (κ1) is 20.6. The SMILES string of the molecule is O[C@@H]1[C@@H](CCc2ccc3ccc(NCC4CC4)nc3c2)C[C@@H](n2ccc3cncnc32)[C@@H]1O. The number of anilines is 1. The van der Waals surface area contributed by atoms with Crippen molar-refractivity contribution in [2.24, 2.45) is 11.8 Å². The molecule has 33 heavy (non-hydrogen) atoms. The van der Waals surface area contributed by atoms with Crippen LogP contribution >= 0.6 is 0 Å². The highest BCUT2D eigenvalue weighted by Gasteiger charge is 2.42. The average Bonchev–Trinajstić information content (AvgIpc) is 3.52. The molecule has 2 aliphatic carbocycles. The molecule has 2 fully saturated rings. The summed E-state index contributed by atoms with van der Waals surface area (Å²) in [5, 5.41) is 27.1. The first-order valence-corrected chi connectivity index (χ1v) is 11.9. The molecule has 4 atom stereocenters. The molecule has 0 bridgehead atoms. The van der Waals surface area contributed by atoms with Crippen LogP contribution in [0.4, 0.5) is 5.82 Å². The molecule has 2 aliphatic rings. The molecule has 2 saturated carbocycles. The monoisotopic (exact) mass is 443 g/mol. The number of aryl methyl sites for hydroxylation is 1. The molecule has 170 valence electrons. The van der Waals surface area contributed by atoms with Crippen molar-refractivity contribution in [3.63, 3.8) is 0 Å². The van der Waals surface area contributed by atoms with Crippen LogP contribution < -0.4 is 5.32 Å². The Kier molecular flexibility index (Phi) is 5.23. The third kappa shape index (κ3) is 4.07. The first-order valence-electron chi connectivity index (χ1n) is 11.9. The number of nitrogens with one attached hydrogen (secondary N) is 1. The van der Waals surface area contributed by atoms with E-state index in [1.54, 1.807) is 6.20 Å². The van der Waals surface area contributed by atoms with E-state index in [1.807, 2.05) is 16.8 Å². The highest BCUT2D eigenvalue weighted by Crippen LogP contribution is 2.39. The smallest absolute Gasteiger partial charge is 0.143 e. The van der Waals surface area contributed by atoms with E-state index in [0.717, 1.165) is 59.5 Å². The summed E-state index contributed by atoms with van der Waals surface area (Å²) >= 11 is 0. The topological polar surface area (TPSA) is 96.1 Å². The van der Waals surface area contributed by atoms with Gasteiger partial charge in [-0.3, -0.25) is 0 Å². The van der Waals surface area contributed by atoms with Crippen molar-refractivity contribution in [2.45, 2.75) is 50.4 Å². The van der Waals surface area contributed by atoms with E-state index in [-0.39, 0.29) is 12.0 Å². The van der Waals surface area contributed by atoms with Crippen molar-refractivity contribution in [3.8, 4) is 0 Å². The van der Waals surface area contributed by atoms with Crippen molar-refractivity contribution in [2.75, 3.05) is 11.9 Å². The van der Waals surface area contributed by atoms with Gasteiger partial charge in [-0.2, -0.15) is 0 Å². The number of hydrogen-bond donors (Lipinski definition) is 3. The molecular formula is C26H29N5O2. The van der Waals surface area contributed by atoms with E-state index < -0.39 is 12.2 Å². The fourth-order valence-electron chi connectivity index (χ4n) is 5.17. The van der Waals surface area contributed by atoms with Crippen LogP contribution in [-0.4, -0.2) is 48.5 Å². The minimum absolute atomic E-state index is 0.0273. The van der Waals surface area contributed by atoms with Gasteiger partial charge >= 0.3 is 0 Å². The first-order chi connectivity index (χ1) is 16.2. The molecule has 0 saturated heterocycles. The summed E-state index contributed by atoms with van der Waals surface area (Å²) in [5.74, 6) is 1.77. The lowest BCUT2D eigenvalue weighted by molar-refractivity contribution is 0.00545. The molecule has 3 aromatic heterocycles. The Balaban J connectivity index is 1.15. The minimum atomic E-state index is -0.807. The predicted octanol–water partition coefficient (Wildman–Crippen LogP) is 3.72. The van der Waals surface area contributed by atoms with Crippen LogP contribution in [0.15, 0.2) is 55.1 Å². The Morgan fingerprint density at radius 3 is 2.79 bits per heavy atom. The lowest BCUT2D eigenvalue weighted by Gasteiger charge is -2.18. The number of nitrogens with zero attached hydrogens (tertiary/aromatic N) is 4. The summed E-state index contributed by atoms with van der Waals surface area (Å²) in [6.07, 6.45) is 8.70. The molecule has 0 aliphatic heterocycles. The number of aliphatic hydroxyl groups is 2. The van der Waals surface area contributed by atoms with E-state index in [0.29, 0.717) is 0 Å². The molecular weight excluding hydrogens is 414 g/mol. The molecule has 6 rings (SSSR count). The second-order valence-corrected chi connectivity index (χ2v) is 9.66. The lowest BCUT2D eigenvalue weighted by Crippen LogP contribution is -2.29. The van der Waals surface area contributed by atoms with Crippen molar-refractivity contribution in [1.82, 2.24) is 19.5 Å². The van der Waals surface area contributed by atoms with Gasteiger partial charge in [-0.1, -0.05) is 12.1 Å². The maximum Gasteiger partial charge on any atom is 0.143 e. The second kappa shape index (κ2) is 8.39. The second-order valence-electron chi connectivity index (χ2n) is 9.66. The summed E-state index contributed by atoms with van der Waals surface area (Å²) in [6.45, 7) is 1.00. The number of fused-ring (bicyclic) bond motifs is 2. The summed E-state index contributed by atoms with van der Waals surface area (Å²) < 4.78 is 1.99. The van der Waals surface area contributed by atoms with Gasteiger partial charge < -0.3 is 20.1 Å². The van der Waals surface area contributed by atoms with Gasteiger partial charge in [-0.15, -0.1) is 0 Å². The van der Waals surface area contributed by atoms with E-state index in [1.165, 1.54) is 24.7 Å². The Morgan fingerprint density at radius 2 is 1.91 bits per heavy atom. The lowest BCUT2D eigenvalue weighted by atomic mass is 9.95. The summed E-state index contributed by atoms with van der Waals surface area (Å²) in [4.78, 5) is 13.2. The molecule has 0 amide bonds. The Morgan fingerprint density at radius 1 is 1.03 bits per heavy atom. The molecule has 4 aromatic rings. The molecule has 0 spiro atoms. The van der Waals surface area contributed by atoms with Crippen LogP contribution in [0.2, 0.25) is 0 Å². The van der Waals surface area contributed by atoms with Crippen LogP contribution in [-0.2, 0) is 6.42 Å². The zero-order valence-electron chi connectivity index (χ0n) is 18.5. The standard InChI is InChI=1S/C26H29N5O2/c32-24-19(12-22(25(24)33)31-10-9-20-14-27-15-29-26(20)31)6-4-16-3-5-18-7-8-23(30-21(18)11-16)28-13-17-1-2-17/h3,5,7-11,14-15,17,19,22,24-25,32-33H,1-2,4,6,12-13H2,(H,28,30)/t19-,22+,24+,25-/m0/s1. The Hall–Kier alpha value is -3.03. The molecule has 7 heteroatoms. The zero-order chi connectivity index (χ0) is 22.4. The Bertz CT molecular complexity index is 1280. The van der Waals surface area contributed by atoms with E-state index in [4.69, 9.17) is 4.98 Å². The number of hydrogen-bond acceptors (Lipinski definition) is 6. The summed E-state index contributed by atoms with van der Waals surface area (Å²) in [5.41, 5.74) is 3.00. The van der Waals surface area contributed by atoms with Crippen LogP contribution in [0.5, 0.6) is 0 Å². The highest BCUT2D eigenvalue weighted by atomic mass is 16.3. The van der Waals surface area contributed by atoms with Crippen molar-refractivity contribution >= 4 is 27.8 Å². The van der Waals surface area contributed by atoms with Crippen molar-refractivity contribution < 1.29 is 10.2 Å². The zero-order valence-corrected chi connectivity index (χ0v) is 18.5. The molecule has 3 N–H and O–H groups in total. The van der Waals surface area contributed by atoms with Crippen molar-refractivity contribution in [3.05, 3.63) is 60.7 Å². The number of pyridine rings is 1. The maximum atomic E-state index is 10.8. The third-order valence-corrected chi connectivity index (χ3v) is 7.34. The van der Waals surface area contributed by atoms with Crippen LogP contribution in [0.3, 0.4) is 0 Å². The van der Waals surface area contributed by atoms with E-state index in [9.17, 15) is 10.2 Å². The largest absolute Gasteiger partial charge is 0.390 e. The number of benzene rings is 1. The highest BCUT2D eigenvalue weighted by molar-refractivity contribution is 5.81. The van der Waals surface area contributed by atoms with Crippen LogP contribution in [0.25, 0.3) is 21.9 Å². The fourth-order valence-corrected chi connectivity index (χ4v) is 5.17. The molecule has 3 heterocycles. The molecule has 0 unspecified atom stereocenters. The quantitative estimate of drug-likeness (QED) is 0.403. The van der Waals surface area contributed by atoms with Gasteiger partial charge in [0.1, 0.15) is 23.9 Å². The molecule has 7 nitrogen and oxygen atoms in total. The molecule has 0 radical (unpaired) electrons. The number of aromatic nitrogens is 4.